The van der Waals surface area contributed by atoms with Crippen LogP contribution in [0.4, 0.5) is 18.9 Å². The minimum atomic E-state index is -4.84. The van der Waals surface area contributed by atoms with Crippen LogP contribution in [0.3, 0.4) is 0 Å². The number of halogens is 3. The molecule has 1 aromatic carbocycles. The van der Waals surface area contributed by atoms with Crippen LogP contribution in [0.15, 0.2) is 40.9 Å². The molecule has 0 atom stereocenters. The Balaban J connectivity index is 3.15. The fourth-order valence-electron chi connectivity index (χ4n) is 0.950. The van der Waals surface area contributed by atoms with Crippen LogP contribution in [0.25, 0.3) is 0 Å². The summed E-state index contributed by atoms with van der Waals surface area (Å²) in [5.74, 6) is 0.152. The molecule has 0 spiro atoms. The Kier molecular flexibility index (Phi) is 4.06. The van der Waals surface area contributed by atoms with E-state index in [1.54, 1.807) is 24.1 Å². The van der Waals surface area contributed by atoms with Crippen LogP contribution in [0.5, 0.6) is 0 Å². The predicted octanol–water partition coefficient (Wildman–Crippen LogP) is 2.65. The molecule has 1 aromatic rings. The summed E-state index contributed by atoms with van der Waals surface area (Å²) in [5, 5.41) is 0. The first-order chi connectivity index (χ1) is 7.95. The number of aliphatic imine (C=N–C) groups is 1. The molecule has 3 nitrogen and oxygen atoms in total. The van der Waals surface area contributed by atoms with Crippen LogP contribution < -0.4 is 0 Å². The van der Waals surface area contributed by atoms with Crippen molar-refractivity contribution in [1.29, 1.82) is 0 Å². The Morgan fingerprint density at radius 3 is 2.35 bits per heavy atom. The molecule has 0 heterocycles. The highest BCUT2D eigenvalue weighted by Crippen LogP contribution is 2.24. The maximum absolute atomic E-state index is 12.4. The van der Waals surface area contributed by atoms with Gasteiger partial charge >= 0.3 is 12.1 Å². The van der Waals surface area contributed by atoms with Gasteiger partial charge in [0.1, 0.15) is 0 Å². The fourth-order valence-corrected chi connectivity index (χ4v) is 0.950. The smallest absolute Gasteiger partial charge is 0.432 e. The van der Waals surface area contributed by atoms with Gasteiger partial charge in [0.05, 0.1) is 12.8 Å². The van der Waals surface area contributed by atoms with Gasteiger partial charge in [-0.25, -0.2) is 9.79 Å². The molecule has 0 fully saturated rings. The van der Waals surface area contributed by atoms with Crippen molar-refractivity contribution in [3.63, 3.8) is 0 Å². The maximum Gasteiger partial charge on any atom is 0.432 e. The van der Waals surface area contributed by atoms with Crippen molar-refractivity contribution in [3.05, 3.63) is 35.9 Å². The number of methoxy groups -OCH3 is 1. The Morgan fingerprint density at radius 2 is 1.88 bits per heavy atom. The molecule has 0 radical (unpaired) electrons. The summed E-state index contributed by atoms with van der Waals surface area (Å²) in [4.78, 5) is 14.3. The van der Waals surface area contributed by atoms with Crippen molar-refractivity contribution in [2.45, 2.75) is 6.18 Å². The molecule has 0 N–H and O–H groups in total. The van der Waals surface area contributed by atoms with E-state index < -0.39 is 17.7 Å². The molecule has 1 rings (SSSR count). The monoisotopic (exact) mass is 243 g/mol. The first kappa shape index (κ1) is 13.0. The lowest BCUT2D eigenvalue weighted by Gasteiger charge is -2.05. The SMILES string of the molecule is COC(=O)C(=C=Nc1ccccc1)C(F)(F)F. The molecule has 0 bridgehead atoms. The van der Waals surface area contributed by atoms with E-state index in [9.17, 15) is 18.0 Å². The molecule has 0 aromatic heterocycles. The molecule has 0 aliphatic heterocycles. The molecule has 6 heteroatoms. The van der Waals surface area contributed by atoms with Gasteiger partial charge in [0.2, 0.25) is 5.57 Å². The second kappa shape index (κ2) is 5.32. The third-order valence-electron chi connectivity index (χ3n) is 1.73. The van der Waals surface area contributed by atoms with Crippen LogP contribution in [0, 0.1) is 0 Å². The lowest BCUT2D eigenvalue weighted by Crippen LogP contribution is -2.21. The highest BCUT2D eigenvalue weighted by atomic mass is 19.4. The zero-order chi connectivity index (χ0) is 12.9. The normalized spacial score (nSPS) is 10.4. The Morgan fingerprint density at radius 1 is 1.29 bits per heavy atom. The van der Waals surface area contributed by atoms with E-state index >= 15 is 0 Å². The van der Waals surface area contributed by atoms with Crippen LogP contribution in [-0.4, -0.2) is 25.1 Å². The Labute approximate surface area is 95.2 Å². The number of carbonyl (C=O) groups is 1. The molecule has 17 heavy (non-hydrogen) atoms. The van der Waals surface area contributed by atoms with Crippen molar-refractivity contribution in [3.8, 4) is 0 Å². The first-order valence-corrected chi connectivity index (χ1v) is 4.49. The van der Waals surface area contributed by atoms with Gasteiger partial charge in [-0.15, -0.1) is 0 Å². The van der Waals surface area contributed by atoms with Crippen molar-refractivity contribution in [1.82, 2.24) is 0 Å². The molecular formula is C11H8F3NO2. The predicted molar refractivity (Wildman–Crippen MR) is 55.1 cm³/mol. The molecule has 0 aliphatic rings. The molecule has 0 aliphatic carbocycles. The van der Waals surface area contributed by atoms with E-state index in [-0.39, 0.29) is 5.69 Å². The quantitative estimate of drug-likeness (QED) is 0.455. The number of ether oxygens (including phenoxy) is 1. The van der Waals surface area contributed by atoms with Crippen LogP contribution in [-0.2, 0) is 9.53 Å². The fraction of sp³-hybridized carbons (Fsp3) is 0.182. The zero-order valence-corrected chi connectivity index (χ0v) is 8.78. The molecular weight excluding hydrogens is 235 g/mol. The van der Waals surface area contributed by atoms with Gasteiger partial charge in [0, 0.05) is 5.87 Å². The number of hydrogen-bond donors (Lipinski definition) is 0. The van der Waals surface area contributed by atoms with Gasteiger partial charge in [0.15, 0.2) is 0 Å². The number of esters is 1. The Hall–Kier alpha value is -2.07. The van der Waals surface area contributed by atoms with Crippen LogP contribution in [0.1, 0.15) is 0 Å². The number of benzene rings is 1. The van der Waals surface area contributed by atoms with Crippen molar-refractivity contribution in [2.24, 2.45) is 4.99 Å². The summed E-state index contributed by atoms with van der Waals surface area (Å²) in [6.07, 6.45) is -4.84. The van der Waals surface area contributed by atoms with E-state index in [4.69, 9.17) is 0 Å². The first-order valence-electron chi connectivity index (χ1n) is 4.49. The van der Waals surface area contributed by atoms with Crippen LogP contribution in [0.2, 0.25) is 0 Å². The van der Waals surface area contributed by atoms with E-state index in [0.717, 1.165) is 7.11 Å². The Bertz CT molecular complexity index is 459. The minimum absolute atomic E-state index is 0.262. The van der Waals surface area contributed by atoms with Gasteiger partial charge in [-0.1, -0.05) is 18.2 Å². The maximum atomic E-state index is 12.4. The summed E-state index contributed by atoms with van der Waals surface area (Å²) in [6, 6.07) is 7.86. The number of para-hydroxylation sites is 1. The summed E-state index contributed by atoms with van der Waals surface area (Å²) >= 11 is 0. The highest BCUT2D eigenvalue weighted by Gasteiger charge is 2.40. The third kappa shape index (κ3) is 3.77. The second-order valence-electron chi connectivity index (χ2n) is 2.92. The number of nitrogens with zero attached hydrogens (tertiary/aromatic N) is 1. The summed E-state index contributed by atoms with van der Waals surface area (Å²) in [5.41, 5.74) is -1.30. The lowest BCUT2D eigenvalue weighted by molar-refractivity contribution is -0.147. The highest BCUT2D eigenvalue weighted by molar-refractivity contribution is 5.99. The molecule has 0 unspecified atom stereocenters. The zero-order valence-electron chi connectivity index (χ0n) is 8.78. The topological polar surface area (TPSA) is 38.7 Å². The number of carbonyl (C=O) groups excluding carboxylic acids is 1. The number of alkyl halides is 3. The molecule has 0 amide bonds. The molecule has 0 saturated carbocycles. The van der Waals surface area contributed by atoms with Gasteiger partial charge < -0.3 is 4.74 Å². The summed E-state index contributed by atoms with van der Waals surface area (Å²) in [7, 11) is 0.859. The van der Waals surface area contributed by atoms with Gasteiger partial charge in [-0.3, -0.25) is 0 Å². The standard InChI is InChI=1S/C11H8F3NO2/c1-17-10(16)9(11(12,13)14)7-15-8-5-3-2-4-6-8/h2-6H,1H3. The van der Waals surface area contributed by atoms with E-state index in [2.05, 4.69) is 9.73 Å². The van der Waals surface area contributed by atoms with E-state index in [1.165, 1.54) is 12.1 Å². The van der Waals surface area contributed by atoms with Gasteiger partial charge in [-0.05, 0) is 12.1 Å². The van der Waals surface area contributed by atoms with Crippen LogP contribution >= 0.6 is 0 Å². The number of hydrogen-bond acceptors (Lipinski definition) is 3. The molecule has 90 valence electrons. The second-order valence-corrected chi connectivity index (χ2v) is 2.92. The minimum Gasteiger partial charge on any atom is -0.465 e. The van der Waals surface area contributed by atoms with Crippen molar-refractivity contribution >= 4 is 17.5 Å². The molecule has 0 saturated heterocycles. The lowest BCUT2D eigenvalue weighted by atomic mass is 10.3. The largest absolute Gasteiger partial charge is 0.465 e. The summed E-state index contributed by atoms with van der Waals surface area (Å²) < 4.78 is 41.2. The average Bonchev–Trinajstić information content (AvgIpc) is 2.28. The van der Waals surface area contributed by atoms with E-state index in [1.807, 2.05) is 0 Å². The average molecular weight is 243 g/mol. The third-order valence-corrected chi connectivity index (χ3v) is 1.73. The van der Waals surface area contributed by atoms with Crippen molar-refractivity contribution < 1.29 is 22.7 Å². The van der Waals surface area contributed by atoms with Gasteiger partial charge in [0.25, 0.3) is 0 Å². The van der Waals surface area contributed by atoms with Crippen molar-refractivity contribution in [2.75, 3.05) is 7.11 Å². The summed E-state index contributed by atoms with van der Waals surface area (Å²) in [6.45, 7) is 0. The number of rotatable bonds is 2. The van der Waals surface area contributed by atoms with E-state index in [0.29, 0.717) is 0 Å². The van der Waals surface area contributed by atoms with Gasteiger partial charge in [-0.2, -0.15) is 13.2 Å².